The summed E-state index contributed by atoms with van der Waals surface area (Å²) >= 11 is 1.19. The summed E-state index contributed by atoms with van der Waals surface area (Å²) in [6.45, 7) is 6.52. The number of amides is 1. The first-order chi connectivity index (χ1) is 12.1. The topological polar surface area (TPSA) is 122 Å². The summed E-state index contributed by atoms with van der Waals surface area (Å²) in [5.41, 5.74) is -1.33. The van der Waals surface area contributed by atoms with Gasteiger partial charge in [0.25, 0.3) is 11.6 Å². The SMILES string of the molecule is CSc1ccc(C(=O)O[C@@H](C)C(=O)N[C@](C)(C#N)C(C)C)cc1[N+](=O)[O-]. The number of benzene rings is 1. The Morgan fingerprint density at radius 2 is 2.00 bits per heavy atom. The molecule has 0 spiro atoms. The van der Waals surface area contributed by atoms with Crippen molar-refractivity contribution in [1.82, 2.24) is 5.32 Å². The first-order valence-corrected chi connectivity index (χ1v) is 9.04. The van der Waals surface area contributed by atoms with E-state index >= 15 is 0 Å². The Morgan fingerprint density at radius 3 is 2.46 bits per heavy atom. The first-order valence-electron chi connectivity index (χ1n) is 7.82. The van der Waals surface area contributed by atoms with Crippen LogP contribution in [-0.2, 0) is 9.53 Å². The van der Waals surface area contributed by atoms with Crippen LogP contribution in [0.15, 0.2) is 23.1 Å². The summed E-state index contributed by atoms with van der Waals surface area (Å²) in [5, 5.41) is 22.9. The second kappa shape index (κ2) is 8.67. The molecule has 0 heterocycles. The molecule has 0 saturated carbocycles. The highest BCUT2D eigenvalue weighted by molar-refractivity contribution is 7.98. The number of hydrogen-bond acceptors (Lipinski definition) is 7. The standard InChI is InChI=1S/C17H21N3O5S/c1-10(2)17(4,9-18)19-15(21)11(3)25-16(22)12-6-7-14(26-5)13(8-12)20(23)24/h6-8,10-11H,1-5H3,(H,19,21)/t11-,17+/m0/s1. The molecular weight excluding hydrogens is 358 g/mol. The van der Waals surface area contributed by atoms with Gasteiger partial charge in [0.15, 0.2) is 6.10 Å². The molecule has 2 atom stereocenters. The molecule has 0 fully saturated rings. The van der Waals surface area contributed by atoms with Gasteiger partial charge in [-0.2, -0.15) is 5.26 Å². The fourth-order valence-corrected chi connectivity index (χ4v) is 2.45. The monoisotopic (exact) mass is 379 g/mol. The molecule has 9 heteroatoms. The van der Waals surface area contributed by atoms with Crippen molar-refractivity contribution in [2.45, 2.75) is 44.2 Å². The number of nitro benzene ring substituents is 1. The van der Waals surface area contributed by atoms with E-state index in [1.54, 1.807) is 27.0 Å². The summed E-state index contributed by atoms with van der Waals surface area (Å²) in [7, 11) is 0. The molecule has 0 aliphatic carbocycles. The van der Waals surface area contributed by atoms with Crippen molar-refractivity contribution in [1.29, 1.82) is 5.26 Å². The third-order valence-corrected chi connectivity index (χ3v) is 4.82. The lowest BCUT2D eigenvalue weighted by Crippen LogP contribution is -2.52. The number of ether oxygens (including phenoxy) is 1. The second-order valence-corrected chi connectivity index (χ2v) is 7.00. The molecule has 26 heavy (non-hydrogen) atoms. The van der Waals surface area contributed by atoms with Crippen LogP contribution in [0.2, 0.25) is 0 Å². The van der Waals surface area contributed by atoms with Crippen molar-refractivity contribution >= 4 is 29.3 Å². The molecule has 0 aromatic heterocycles. The van der Waals surface area contributed by atoms with Gasteiger partial charge in [-0.15, -0.1) is 11.8 Å². The van der Waals surface area contributed by atoms with Crippen molar-refractivity contribution in [2.75, 3.05) is 6.26 Å². The van der Waals surface area contributed by atoms with Crippen LogP contribution in [0.1, 0.15) is 38.1 Å². The number of carbonyl (C=O) groups is 2. The van der Waals surface area contributed by atoms with Crippen LogP contribution < -0.4 is 5.32 Å². The lowest BCUT2D eigenvalue weighted by Gasteiger charge is -2.28. The van der Waals surface area contributed by atoms with E-state index in [1.165, 1.54) is 30.8 Å². The van der Waals surface area contributed by atoms with E-state index < -0.39 is 28.4 Å². The van der Waals surface area contributed by atoms with Gasteiger partial charge in [0.05, 0.1) is 21.5 Å². The van der Waals surface area contributed by atoms with Gasteiger partial charge in [0, 0.05) is 6.07 Å². The van der Waals surface area contributed by atoms with Crippen LogP contribution in [-0.4, -0.2) is 34.7 Å². The molecule has 8 nitrogen and oxygen atoms in total. The number of hydrogen-bond donors (Lipinski definition) is 1. The highest BCUT2D eigenvalue weighted by Gasteiger charge is 2.32. The van der Waals surface area contributed by atoms with Crippen molar-refractivity contribution in [3.05, 3.63) is 33.9 Å². The van der Waals surface area contributed by atoms with Gasteiger partial charge in [-0.3, -0.25) is 14.9 Å². The Kier molecular flexibility index (Phi) is 7.15. The van der Waals surface area contributed by atoms with Gasteiger partial charge in [-0.25, -0.2) is 4.79 Å². The number of nitrogens with one attached hydrogen (secondary N) is 1. The predicted octanol–water partition coefficient (Wildman–Crippen LogP) is 2.92. The van der Waals surface area contributed by atoms with Crippen LogP contribution in [0, 0.1) is 27.4 Å². The van der Waals surface area contributed by atoms with E-state index in [4.69, 9.17) is 4.74 Å². The van der Waals surface area contributed by atoms with Gasteiger partial charge in [0.1, 0.15) is 5.54 Å². The van der Waals surface area contributed by atoms with E-state index in [0.29, 0.717) is 4.90 Å². The fraction of sp³-hybridized carbons (Fsp3) is 0.471. The highest BCUT2D eigenvalue weighted by Crippen LogP contribution is 2.28. The molecule has 1 amide bonds. The zero-order chi connectivity index (χ0) is 20.1. The highest BCUT2D eigenvalue weighted by atomic mass is 32.2. The fourth-order valence-electron chi connectivity index (χ4n) is 1.90. The molecular formula is C17H21N3O5S. The van der Waals surface area contributed by atoms with Crippen molar-refractivity contribution in [2.24, 2.45) is 5.92 Å². The molecule has 0 saturated heterocycles. The van der Waals surface area contributed by atoms with Crippen LogP contribution in [0.3, 0.4) is 0 Å². The van der Waals surface area contributed by atoms with Crippen molar-refractivity contribution in [3.63, 3.8) is 0 Å². The molecule has 0 aliphatic heterocycles. The number of nitriles is 1. The largest absolute Gasteiger partial charge is 0.449 e. The van der Waals surface area contributed by atoms with Crippen LogP contribution in [0.25, 0.3) is 0 Å². The first kappa shape index (κ1) is 21.4. The average molecular weight is 379 g/mol. The minimum Gasteiger partial charge on any atom is -0.449 e. The van der Waals surface area contributed by atoms with E-state index in [1.807, 2.05) is 6.07 Å². The molecule has 140 valence electrons. The summed E-state index contributed by atoms with van der Waals surface area (Å²) in [6.07, 6.45) is 0.529. The Labute approximate surface area is 156 Å². The minimum atomic E-state index is -1.16. The van der Waals surface area contributed by atoms with Gasteiger partial charge in [0.2, 0.25) is 0 Å². The summed E-state index contributed by atoms with van der Waals surface area (Å²) < 4.78 is 5.09. The van der Waals surface area contributed by atoms with Crippen molar-refractivity contribution in [3.8, 4) is 6.07 Å². The quantitative estimate of drug-likeness (QED) is 0.334. The van der Waals surface area contributed by atoms with Crippen molar-refractivity contribution < 1.29 is 19.2 Å². The molecule has 0 bridgehead atoms. The third-order valence-electron chi connectivity index (χ3n) is 4.03. The molecule has 0 aliphatic rings. The number of esters is 1. The maximum atomic E-state index is 12.2. The number of nitrogens with zero attached hydrogens (tertiary/aromatic N) is 2. The van der Waals surface area contributed by atoms with E-state index in [0.717, 1.165) is 6.07 Å². The summed E-state index contributed by atoms with van der Waals surface area (Å²) in [5.74, 6) is -1.63. The Hall–Kier alpha value is -2.60. The number of thioether (sulfide) groups is 1. The second-order valence-electron chi connectivity index (χ2n) is 6.15. The van der Waals surface area contributed by atoms with Gasteiger partial charge in [-0.05, 0) is 38.2 Å². The molecule has 0 radical (unpaired) electrons. The molecule has 1 aromatic carbocycles. The number of nitro groups is 1. The van der Waals surface area contributed by atoms with E-state index in [9.17, 15) is 25.0 Å². The van der Waals surface area contributed by atoms with Crippen LogP contribution in [0.5, 0.6) is 0 Å². The third kappa shape index (κ3) is 4.95. The summed E-state index contributed by atoms with van der Waals surface area (Å²) in [4.78, 5) is 35.3. The Morgan fingerprint density at radius 1 is 1.38 bits per heavy atom. The zero-order valence-electron chi connectivity index (χ0n) is 15.2. The maximum Gasteiger partial charge on any atom is 0.339 e. The molecule has 1 rings (SSSR count). The lowest BCUT2D eigenvalue weighted by atomic mass is 9.90. The number of rotatable bonds is 7. The normalized spacial score (nSPS) is 14.0. The Bertz CT molecular complexity index is 759. The van der Waals surface area contributed by atoms with Crippen LogP contribution >= 0.6 is 11.8 Å². The number of carbonyl (C=O) groups excluding carboxylic acids is 2. The van der Waals surface area contributed by atoms with Gasteiger partial charge in [-0.1, -0.05) is 13.8 Å². The molecule has 1 aromatic rings. The average Bonchev–Trinajstić information content (AvgIpc) is 2.60. The maximum absolute atomic E-state index is 12.2. The smallest absolute Gasteiger partial charge is 0.339 e. The van der Waals surface area contributed by atoms with E-state index in [-0.39, 0.29) is 17.2 Å². The lowest BCUT2D eigenvalue weighted by molar-refractivity contribution is -0.387. The van der Waals surface area contributed by atoms with E-state index in [2.05, 4.69) is 5.32 Å². The summed E-state index contributed by atoms with van der Waals surface area (Å²) in [6, 6.07) is 6.01. The zero-order valence-corrected chi connectivity index (χ0v) is 16.0. The predicted molar refractivity (Wildman–Crippen MR) is 96.8 cm³/mol. The van der Waals surface area contributed by atoms with Gasteiger partial charge >= 0.3 is 5.97 Å². The molecule has 0 unspecified atom stereocenters. The molecule has 1 N–H and O–H groups in total. The Balaban J connectivity index is 2.91. The van der Waals surface area contributed by atoms with Crippen LogP contribution in [0.4, 0.5) is 5.69 Å². The minimum absolute atomic E-state index is 0.0268. The van der Waals surface area contributed by atoms with Gasteiger partial charge < -0.3 is 10.1 Å².